The number of halogens is 2. The minimum atomic E-state index is -0.337. The van der Waals surface area contributed by atoms with E-state index < -0.39 is 0 Å². The van der Waals surface area contributed by atoms with E-state index in [9.17, 15) is 9.18 Å². The number of ether oxygens (including phenoxy) is 1. The van der Waals surface area contributed by atoms with E-state index in [1.54, 1.807) is 49.6 Å². The Morgan fingerprint density at radius 3 is 2.80 bits per heavy atom. The standard InChI is InChI=1S/C19H16ClFN2O2/c1-23(11-13-5-2-3-7-16(13)21)18(24)12-25-17-9-8-15(20)14-6-4-10-22-19(14)17/h2-10H,11-12H2,1H3. The van der Waals surface area contributed by atoms with Gasteiger partial charge in [0.2, 0.25) is 0 Å². The van der Waals surface area contributed by atoms with Crippen molar-refractivity contribution in [2.75, 3.05) is 13.7 Å². The maximum Gasteiger partial charge on any atom is 0.260 e. The number of carbonyl (C=O) groups is 1. The summed E-state index contributed by atoms with van der Waals surface area (Å²) in [5, 5.41) is 1.33. The molecule has 25 heavy (non-hydrogen) atoms. The highest BCUT2D eigenvalue weighted by Gasteiger charge is 2.14. The summed E-state index contributed by atoms with van der Waals surface area (Å²) < 4.78 is 19.3. The van der Waals surface area contributed by atoms with Crippen LogP contribution in [-0.4, -0.2) is 29.4 Å². The van der Waals surface area contributed by atoms with Crippen LogP contribution >= 0.6 is 11.6 Å². The van der Waals surface area contributed by atoms with E-state index in [2.05, 4.69) is 4.98 Å². The Bertz CT molecular complexity index is 917. The van der Waals surface area contributed by atoms with Crippen molar-refractivity contribution in [3.05, 3.63) is 71.1 Å². The maximum atomic E-state index is 13.7. The molecule has 0 aliphatic carbocycles. The molecular weight excluding hydrogens is 343 g/mol. The van der Waals surface area contributed by atoms with Crippen LogP contribution in [0.3, 0.4) is 0 Å². The third-order valence-corrected chi connectivity index (χ3v) is 4.15. The second kappa shape index (κ2) is 7.49. The molecule has 0 bridgehead atoms. The molecule has 4 nitrogen and oxygen atoms in total. The SMILES string of the molecule is CN(Cc1ccccc1F)C(=O)COc1ccc(Cl)c2cccnc12. The predicted octanol–water partition coefficient (Wildman–Crippen LogP) is 4.06. The van der Waals surface area contributed by atoms with E-state index >= 15 is 0 Å². The average molecular weight is 359 g/mol. The first-order valence-electron chi connectivity index (χ1n) is 7.69. The lowest BCUT2D eigenvalue weighted by Gasteiger charge is -2.18. The van der Waals surface area contributed by atoms with Gasteiger partial charge in [0.15, 0.2) is 6.61 Å². The lowest BCUT2D eigenvalue weighted by atomic mass is 10.2. The Hall–Kier alpha value is -2.66. The van der Waals surface area contributed by atoms with Crippen molar-refractivity contribution >= 4 is 28.4 Å². The monoisotopic (exact) mass is 358 g/mol. The topological polar surface area (TPSA) is 42.4 Å². The van der Waals surface area contributed by atoms with Crippen LogP contribution in [0.4, 0.5) is 4.39 Å². The van der Waals surface area contributed by atoms with Crippen LogP contribution in [0.1, 0.15) is 5.56 Å². The lowest BCUT2D eigenvalue weighted by molar-refractivity contribution is -0.132. The number of carbonyl (C=O) groups excluding carboxylic acids is 1. The number of nitrogens with zero attached hydrogens (tertiary/aromatic N) is 2. The highest BCUT2D eigenvalue weighted by Crippen LogP contribution is 2.29. The largest absolute Gasteiger partial charge is 0.481 e. The predicted molar refractivity (Wildman–Crippen MR) is 95.1 cm³/mol. The van der Waals surface area contributed by atoms with Crippen molar-refractivity contribution in [3.63, 3.8) is 0 Å². The molecule has 1 aromatic heterocycles. The molecule has 0 spiro atoms. The molecule has 0 saturated carbocycles. The second-order valence-electron chi connectivity index (χ2n) is 5.57. The summed E-state index contributed by atoms with van der Waals surface area (Å²) in [5.74, 6) is -0.120. The van der Waals surface area contributed by atoms with Crippen LogP contribution in [-0.2, 0) is 11.3 Å². The molecular formula is C19H16ClFN2O2. The maximum absolute atomic E-state index is 13.7. The molecule has 2 aromatic carbocycles. The summed E-state index contributed by atoms with van der Waals surface area (Å²) in [6, 6.07) is 13.4. The highest BCUT2D eigenvalue weighted by atomic mass is 35.5. The Kier molecular flexibility index (Phi) is 5.14. The van der Waals surface area contributed by atoms with Crippen molar-refractivity contribution in [2.45, 2.75) is 6.54 Å². The number of likely N-dealkylation sites (N-methyl/N-ethyl adjacent to an activating group) is 1. The number of hydrogen-bond donors (Lipinski definition) is 0. The quantitative estimate of drug-likeness (QED) is 0.690. The molecule has 3 rings (SSSR count). The zero-order valence-corrected chi connectivity index (χ0v) is 14.3. The van der Waals surface area contributed by atoms with Crippen LogP contribution < -0.4 is 4.74 Å². The Morgan fingerprint density at radius 2 is 2.00 bits per heavy atom. The third-order valence-electron chi connectivity index (χ3n) is 3.82. The van der Waals surface area contributed by atoms with Crippen molar-refractivity contribution in [1.82, 2.24) is 9.88 Å². The zero-order chi connectivity index (χ0) is 17.8. The summed E-state index contributed by atoms with van der Waals surface area (Å²) in [6.45, 7) is 0.00669. The Balaban J connectivity index is 1.68. The van der Waals surface area contributed by atoms with Gasteiger partial charge in [0.25, 0.3) is 5.91 Å². The van der Waals surface area contributed by atoms with Crippen LogP contribution in [0.25, 0.3) is 10.9 Å². The summed E-state index contributed by atoms with van der Waals surface area (Å²) in [5.41, 5.74) is 1.05. The fraction of sp³-hybridized carbons (Fsp3) is 0.158. The fourth-order valence-electron chi connectivity index (χ4n) is 2.45. The smallest absolute Gasteiger partial charge is 0.260 e. The molecule has 0 N–H and O–H groups in total. The fourth-order valence-corrected chi connectivity index (χ4v) is 2.66. The molecule has 3 aromatic rings. The molecule has 0 atom stereocenters. The number of amides is 1. The number of fused-ring (bicyclic) bond motifs is 1. The highest BCUT2D eigenvalue weighted by molar-refractivity contribution is 6.35. The van der Waals surface area contributed by atoms with Gasteiger partial charge in [0, 0.05) is 30.7 Å². The van der Waals surface area contributed by atoms with Crippen LogP contribution in [0.5, 0.6) is 5.75 Å². The van der Waals surface area contributed by atoms with Gasteiger partial charge in [-0.25, -0.2) is 4.39 Å². The normalized spacial score (nSPS) is 10.7. The summed E-state index contributed by atoms with van der Waals surface area (Å²) in [4.78, 5) is 17.9. The molecule has 0 saturated heterocycles. The molecule has 128 valence electrons. The van der Waals surface area contributed by atoms with Gasteiger partial charge in [-0.05, 0) is 30.3 Å². The van der Waals surface area contributed by atoms with Crippen LogP contribution in [0.2, 0.25) is 5.02 Å². The van der Waals surface area contributed by atoms with Gasteiger partial charge in [0.1, 0.15) is 17.1 Å². The first-order valence-corrected chi connectivity index (χ1v) is 8.07. The average Bonchev–Trinajstić information content (AvgIpc) is 2.63. The van der Waals surface area contributed by atoms with Gasteiger partial charge in [-0.1, -0.05) is 29.8 Å². The van der Waals surface area contributed by atoms with Gasteiger partial charge in [-0.2, -0.15) is 0 Å². The van der Waals surface area contributed by atoms with Crippen molar-refractivity contribution in [1.29, 1.82) is 0 Å². The van der Waals surface area contributed by atoms with Crippen molar-refractivity contribution in [2.24, 2.45) is 0 Å². The second-order valence-corrected chi connectivity index (χ2v) is 5.98. The van der Waals surface area contributed by atoms with Gasteiger partial charge in [-0.3, -0.25) is 9.78 Å². The van der Waals surface area contributed by atoms with E-state index in [1.165, 1.54) is 11.0 Å². The van der Waals surface area contributed by atoms with Crippen LogP contribution in [0, 0.1) is 5.82 Å². The van der Waals surface area contributed by atoms with E-state index in [-0.39, 0.29) is 24.9 Å². The van der Waals surface area contributed by atoms with E-state index in [1.807, 2.05) is 6.07 Å². The van der Waals surface area contributed by atoms with E-state index in [0.717, 1.165) is 5.39 Å². The number of benzene rings is 2. The first-order chi connectivity index (χ1) is 12.1. The number of hydrogen-bond acceptors (Lipinski definition) is 3. The number of pyridine rings is 1. The van der Waals surface area contributed by atoms with E-state index in [4.69, 9.17) is 16.3 Å². The van der Waals surface area contributed by atoms with Gasteiger partial charge in [0.05, 0.1) is 5.02 Å². The Morgan fingerprint density at radius 1 is 1.20 bits per heavy atom. The van der Waals surface area contributed by atoms with Crippen molar-refractivity contribution < 1.29 is 13.9 Å². The molecule has 1 heterocycles. The molecule has 0 unspecified atom stereocenters. The van der Waals surface area contributed by atoms with E-state index in [0.29, 0.717) is 21.9 Å². The zero-order valence-electron chi connectivity index (χ0n) is 13.6. The molecule has 6 heteroatoms. The summed E-state index contributed by atoms with van der Waals surface area (Å²) >= 11 is 6.14. The van der Waals surface area contributed by atoms with Gasteiger partial charge in [-0.15, -0.1) is 0 Å². The van der Waals surface area contributed by atoms with Gasteiger partial charge >= 0.3 is 0 Å². The molecule has 0 aliphatic heterocycles. The van der Waals surface area contributed by atoms with Crippen LogP contribution in [0.15, 0.2) is 54.7 Å². The minimum absolute atomic E-state index is 0.168. The van der Waals surface area contributed by atoms with Crippen molar-refractivity contribution in [3.8, 4) is 5.75 Å². The molecule has 1 amide bonds. The first kappa shape index (κ1) is 17.2. The number of rotatable bonds is 5. The summed E-state index contributed by atoms with van der Waals surface area (Å²) in [6.07, 6.45) is 1.64. The lowest BCUT2D eigenvalue weighted by Crippen LogP contribution is -2.31. The van der Waals surface area contributed by atoms with Gasteiger partial charge < -0.3 is 9.64 Å². The molecule has 0 radical (unpaired) electrons. The Labute approximate surface area is 149 Å². The third kappa shape index (κ3) is 3.88. The number of aromatic nitrogens is 1. The minimum Gasteiger partial charge on any atom is -0.481 e. The molecule has 0 aliphatic rings. The summed E-state index contributed by atoms with van der Waals surface area (Å²) in [7, 11) is 1.61. The molecule has 0 fully saturated rings.